The molecule has 2 rings (SSSR count). The van der Waals surface area contributed by atoms with Gasteiger partial charge >= 0.3 is 0 Å². The summed E-state index contributed by atoms with van der Waals surface area (Å²) in [6.45, 7) is 0.952. The highest BCUT2D eigenvalue weighted by Crippen LogP contribution is 2.17. The van der Waals surface area contributed by atoms with Gasteiger partial charge in [0.1, 0.15) is 0 Å². The average Bonchev–Trinajstić information content (AvgIpc) is 2.67. The summed E-state index contributed by atoms with van der Waals surface area (Å²) in [5.74, 6) is 1.70. The number of aryl methyl sites for hydroxylation is 1. The second kappa shape index (κ2) is 5.92. The molecule has 4 heteroatoms. The van der Waals surface area contributed by atoms with Crippen molar-refractivity contribution in [1.82, 2.24) is 9.55 Å². The number of hydrogen-bond acceptors (Lipinski definition) is 2. The van der Waals surface area contributed by atoms with Crippen molar-refractivity contribution in [3.8, 4) is 0 Å². The Labute approximate surface area is 107 Å². The van der Waals surface area contributed by atoms with Gasteiger partial charge < -0.3 is 9.88 Å². The highest BCUT2D eigenvalue weighted by Gasteiger charge is 2.05. The van der Waals surface area contributed by atoms with Crippen LogP contribution >= 0.6 is 11.6 Å². The van der Waals surface area contributed by atoms with Crippen LogP contribution in [0.3, 0.4) is 0 Å². The Morgan fingerprint density at radius 2 is 2.06 bits per heavy atom. The molecule has 0 aliphatic heterocycles. The van der Waals surface area contributed by atoms with Gasteiger partial charge in [-0.15, -0.1) is 11.6 Å². The molecule has 0 saturated heterocycles. The third-order valence-corrected chi connectivity index (χ3v) is 3.15. The molecule has 2 aromatic rings. The Morgan fingerprint density at radius 3 is 2.82 bits per heavy atom. The quantitative estimate of drug-likeness (QED) is 0.630. The second-order valence-corrected chi connectivity index (χ2v) is 4.54. The Hall–Kier alpha value is -1.22. The molecule has 0 aliphatic rings. The predicted molar refractivity (Wildman–Crippen MR) is 73.8 cm³/mol. The maximum Gasteiger partial charge on any atom is 0.203 e. The molecule has 0 bridgehead atoms. The van der Waals surface area contributed by atoms with Gasteiger partial charge in [0.05, 0.1) is 11.0 Å². The van der Waals surface area contributed by atoms with Crippen LogP contribution in [-0.4, -0.2) is 22.0 Å². The van der Waals surface area contributed by atoms with E-state index in [1.807, 2.05) is 25.2 Å². The number of hydrogen-bond donors (Lipinski definition) is 1. The summed E-state index contributed by atoms with van der Waals surface area (Å²) >= 11 is 5.64. The van der Waals surface area contributed by atoms with Gasteiger partial charge in [0, 0.05) is 19.5 Å². The summed E-state index contributed by atoms with van der Waals surface area (Å²) in [6, 6.07) is 8.17. The molecule has 92 valence electrons. The number of benzene rings is 1. The zero-order chi connectivity index (χ0) is 12.1. The van der Waals surface area contributed by atoms with Crippen molar-refractivity contribution in [3.63, 3.8) is 0 Å². The molecule has 0 amide bonds. The number of alkyl halides is 1. The zero-order valence-corrected chi connectivity index (χ0v) is 10.9. The lowest BCUT2D eigenvalue weighted by molar-refractivity contribution is 0.741. The minimum Gasteiger partial charge on any atom is -0.356 e. The molecule has 0 fully saturated rings. The van der Waals surface area contributed by atoms with Crippen molar-refractivity contribution in [1.29, 1.82) is 0 Å². The van der Waals surface area contributed by atoms with E-state index in [0.717, 1.165) is 42.2 Å². The van der Waals surface area contributed by atoms with Crippen LogP contribution in [0.4, 0.5) is 5.95 Å². The summed E-state index contributed by atoms with van der Waals surface area (Å²) in [7, 11) is 2.04. The molecule has 0 spiro atoms. The van der Waals surface area contributed by atoms with E-state index in [0.29, 0.717) is 0 Å². The predicted octanol–water partition coefficient (Wildman–Crippen LogP) is 3.39. The molecule has 1 heterocycles. The molecule has 0 radical (unpaired) electrons. The number of aromatic nitrogens is 2. The van der Waals surface area contributed by atoms with Crippen LogP contribution in [0, 0.1) is 0 Å². The molecule has 0 aliphatic carbocycles. The van der Waals surface area contributed by atoms with Gasteiger partial charge in [-0.3, -0.25) is 0 Å². The van der Waals surface area contributed by atoms with Gasteiger partial charge in [0.15, 0.2) is 0 Å². The first-order valence-corrected chi connectivity index (χ1v) is 6.57. The minimum atomic E-state index is 0.756. The number of imidazole rings is 1. The fourth-order valence-electron chi connectivity index (χ4n) is 1.90. The first kappa shape index (κ1) is 12.2. The van der Waals surface area contributed by atoms with Crippen LogP contribution in [0.25, 0.3) is 11.0 Å². The lowest BCUT2D eigenvalue weighted by Gasteiger charge is -2.05. The number of para-hydroxylation sites is 2. The number of rotatable bonds is 6. The number of anilines is 1. The van der Waals surface area contributed by atoms with Crippen molar-refractivity contribution in [3.05, 3.63) is 24.3 Å². The molecular weight excluding hydrogens is 234 g/mol. The largest absolute Gasteiger partial charge is 0.356 e. The van der Waals surface area contributed by atoms with Gasteiger partial charge in [-0.1, -0.05) is 18.6 Å². The average molecular weight is 252 g/mol. The molecule has 0 atom stereocenters. The van der Waals surface area contributed by atoms with Gasteiger partial charge in [0.25, 0.3) is 0 Å². The van der Waals surface area contributed by atoms with E-state index >= 15 is 0 Å². The highest BCUT2D eigenvalue weighted by atomic mass is 35.5. The second-order valence-electron chi connectivity index (χ2n) is 4.16. The lowest BCUT2D eigenvalue weighted by atomic mass is 10.2. The van der Waals surface area contributed by atoms with Crippen LogP contribution in [0.5, 0.6) is 0 Å². The topological polar surface area (TPSA) is 29.9 Å². The fraction of sp³-hybridized carbons (Fsp3) is 0.462. The standard InChI is InChI=1S/C13H18ClN3/c1-17-12-8-4-3-7-11(12)16-13(17)15-10-6-2-5-9-14/h3-4,7-8H,2,5-6,9-10H2,1H3,(H,15,16). The lowest BCUT2D eigenvalue weighted by Crippen LogP contribution is -2.06. The van der Waals surface area contributed by atoms with Gasteiger partial charge in [-0.05, 0) is 25.0 Å². The summed E-state index contributed by atoms with van der Waals surface area (Å²) in [4.78, 5) is 4.56. The molecule has 0 unspecified atom stereocenters. The van der Waals surface area contributed by atoms with E-state index in [2.05, 4.69) is 20.9 Å². The van der Waals surface area contributed by atoms with E-state index in [4.69, 9.17) is 11.6 Å². The highest BCUT2D eigenvalue weighted by molar-refractivity contribution is 6.17. The third kappa shape index (κ3) is 2.91. The van der Waals surface area contributed by atoms with E-state index in [1.165, 1.54) is 6.42 Å². The zero-order valence-electron chi connectivity index (χ0n) is 10.1. The smallest absolute Gasteiger partial charge is 0.203 e. The van der Waals surface area contributed by atoms with E-state index in [-0.39, 0.29) is 0 Å². The van der Waals surface area contributed by atoms with Crippen LogP contribution in [0.15, 0.2) is 24.3 Å². The Kier molecular flexibility index (Phi) is 4.26. The van der Waals surface area contributed by atoms with Gasteiger partial charge in [0.2, 0.25) is 5.95 Å². The Balaban J connectivity index is 1.97. The van der Waals surface area contributed by atoms with Crippen molar-refractivity contribution in [2.45, 2.75) is 19.3 Å². The number of unbranched alkanes of at least 4 members (excludes halogenated alkanes) is 2. The molecule has 3 nitrogen and oxygen atoms in total. The summed E-state index contributed by atoms with van der Waals surface area (Å²) in [5.41, 5.74) is 2.20. The maximum absolute atomic E-state index is 5.64. The maximum atomic E-state index is 5.64. The molecule has 0 saturated carbocycles. The van der Waals surface area contributed by atoms with Crippen LogP contribution < -0.4 is 5.32 Å². The van der Waals surface area contributed by atoms with Crippen LogP contribution in [0.1, 0.15) is 19.3 Å². The van der Waals surface area contributed by atoms with Crippen molar-refractivity contribution < 1.29 is 0 Å². The Bertz CT molecular complexity index is 478. The normalized spacial score (nSPS) is 10.9. The summed E-state index contributed by atoms with van der Waals surface area (Å²) in [5, 5.41) is 3.37. The van der Waals surface area contributed by atoms with Crippen molar-refractivity contribution in [2.24, 2.45) is 7.05 Å². The third-order valence-electron chi connectivity index (χ3n) is 2.88. The monoisotopic (exact) mass is 251 g/mol. The van der Waals surface area contributed by atoms with E-state index in [9.17, 15) is 0 Å². The minimum absolute atomic E-state index is 0.756. The van der Waals surface area contributed by atoms with E-state index in [1.54, 1.807) is 0 Å². The van der Waals surface area contributed by atoms with Crippen molar-refractivity contribution >= 4 is 28.6 Å². The number of nitrogens with zero attached hydrogens (tertiary/aromatic N) is 2. The number of nitrogens with one attached hydrogen (secondary N) is 1. The molecule has 17 heavy (non-hydrogen) atoms. The number of halogens is 1. The first-order chi connectivity index (χ1) is 8.33. The van der Waals surface area contributed by atoms with Crippen LogP contribution in [-0.2, 0) is 7.05 Å². The molecule has 1 aromatic carbocycles. The fourth-order valence-corrected chi connectivity index (χ4v) is 2.09. The Morgan fingerprint density at radius 1 is 1.24 bits per heavy atom. The molecule has 1 aromatic heterocycles. The number of fused-ring (bicyclic) bond motifs is 1. The summed E-state index contributed by atoms with van der Waals surface area (Å²) in [6.07, 6.45) is 3.39. The van der Waals surface area contributed by atoms with Gasteiger partial charge in [-0.2, -0.15) is 0 Å². The molecular formula is C13H18ClN3. The molecule has 1 N–H and O–H groups in total. The van der Waals surface area contributed by atoms with Crippen molar-refractivity contribution in [2.75, 3.05) is 17.7 Å². The van der Waals surface area contributed by atoms with E-state index < -0.39 is 0 Å². The first-order valence-electron chi connectivity index (χ1n) is 6.04. The summed E-state index contributed by atoms with van der Waals surface area (Å²) < 4.78 is 2.09. The SMILES string of the molecule is Cn1c(NCCCCCCl)nc2ccccc21. The van der Waals surface area contributed by atoms with Gasteiger partial charge in [-0.25, -0.2) is 4.98 Å². The van der Waals surface area contributed by atoms with Crippen LogP contribution in [0.2, 0.25) is 0 Å².